The molecular formula is C22H36N2O2. The Hall–Kier alpha value is -1.39. The lowest BCUT2D eigenvalue weighted by Crippen LogP contribution is -2.44. The summed E-state index contributed by atoms with van der Waals surface area (Å²) in [5.74, 6) is 0.551. The van der Waals surface area contributed by atoms with Gasteiger partial charge in [-0.05, 0) is 64.0 Å². The highest BCUT2D eigenvalue weighted by Gasteiger charge is 2.35. The van der Waals surface area contributed by atoms with Crippen LogP contribution in [0.3, 0.4) is 0 Å². The quantitative estimate of drug-likeness (QED) is 0.449. The van der Waals surface area contributed by atoms with Crippen LogP contribution in [-0.2, 0) is 9.53 Å². The number of ether oxygens (including phenoxy) is 1. The molecular weight excluding hydrogens is 324 g/mol. The molecule has 1 heterocycles. The summed E-state index contributed by atoms with van der Waals surface area (Å²) in [6.45, 7) is 9.58. The average molecular weight is 361 g/mol. The molecule has 0 bridgehead atoms. The SMILES string of the molecule is C=C/C(=C\C(C)=C/CCN(C(=O)[C@@H]1CCCNC1)C1CC1)CCCOC. The molecule has 4 nitrogen and oxygen atoms in total. The highest BCUT2D eigenvalue weighted by Crippen LogP contribution is 2.29. The predicted molar refractivity (Wildman–Crippen MR) is 108 cm³/mol. The lowest BCUT2D eigenvalue weighted by molar-refractivity contribution is -0.136. The highest BCUT2D eigenvalue weighted by atomic mass is 16.5. The van der Waals surface area contributed by atoms with Gasteiger partial charge in [-0.1, -0.05) is 30.4 Å². The highest BCUT2D eigenvalue weighted by molar-refractivity contribution is 5.79. The van der Waals surface area contributed by atoms with Crippen molar-refractivity contribution < 1.29 is 9.53 Å². The van der Waals surface area contributed by atoms with Gasteiger partial charge in [0.1, 0.15) is 0 Å². The van der Waals surface area contributed by atoms with Crippen molar-refractivity contribution in [2.45, 2.75) is 57.9 Å². The van der Waals surface area contributed by atoms with Crippen molar-refractivity contribution in [3.8, 4) is 0 Å². The second kappa shape index (κ2) is 11.3. The largest absolute Gasteiger partial charge is 0.385 e. The maximum absolute atomic E-state index is 12.9. The van der Waals surface area contributed by atoms with Crippen LogP contribution in [0, 0.1) is 5.92 Å². The molecule has 2 fully saturated rings. The number of methoxy groups -OCH3 is 1. The minimum absolute atomic E-state index is 0.183. The first-order valence-corrected chi connectivity index (χ1v) is 10.2. The van der Waals surface area contributed by atoms with Crippen LogP contribution < -0.4 is 5.32 Å². The number of hydrogen-bond donors (Lipinski definition) is 1. The molecule has 1 saturated heterocycles. The van der Waals surface area contributed by atoms with Crippen LogP contribution in [-0.4, -0.2) is 50.2 Å². The van der Waals surface area contributed by atoms with Crippen LogP contribution in [0.4, 0.5) is 0 Å². The molecule has 0 aromatic carbocycles. The number of allylic oxidation sites excluding steroid dienone is 4. The summed E-state index contributed by atoms with van der Waals surface area (Å²) >= 11 is 0. The van der Waals surface area contributed by atoms with Gasteiger partial charge in [0.15, 0.2) is 0 Å². The van der Waals surface area contributed by atoms with Gasteiger partial charge in [-0.25, -0.2) is 0 Å². The van der Waals surface area contributed by atoms with Crippen LogP contribution in [0.25, 0.3) is 0 Å². The Morgan fingerprint density at radius 3 is 2.77 bits per heavy atom. The normalized spacial score (nSPS) is 21.5. The fourth-order valence-corrected chi connectivity index (χ4v) is 3.59. The van der Waals surface area contributed by atoms with Gasteiger partial charge in [0, 0.05) is 32.8 Å². The summed E-state index contributed by atoms with van der Waals surface area (Å²) in [7, 11) is 1.73. The molecule has 0 radical (unpaired) electrons. The minimum atomic E-state index is 0.183. The number of nitrogens with one attached hydrogen (secondary N) is 1. The van der Waals surface area contributed by atoms with Crippen molar-refractivity contribution in [1.82, 2.24) is 10.2 Å². The molecule has 4 heteroatoms. The number of hydrogen-bond acceptors (Lipinski definition) is 3. The third-order valence-corrected chi connectivity index (χ3v) is 5.24. The number of nitrogens with zero attached hydrogens (tertiary/aromatic N) is 1. The zero-order chi connectivity index (χ0) is 18.8. The van der Waals surface area contributed by atoms with Crippen LogP contribution in [0.1, 0.15) is 51.9 Å². The van der Waals surface area contributed by atoms with Gasteiger partial charge in [-0.15, -0.1) is 0 Å². The van der Waals surface area contributed by atoms with Crippen molar-refractivity contribution in [3.05, 3.63) is 36.0 Å². The van der Waals surface area contributed by atoms with E-state index in [9.17, 15) is 4.79 Å². The maximum atomic E-state index is 12.9. The Morgan fingerprint density at radius 2 is 2.15 bits per heavy atom. The van der Waals surface area contributed by atoms with Gasteiger partial charge in [0.05, 0.1) is 5.92 Å². The molecule has 1 N–H and O–H groups in total. The molecule has 26 heavy (non-hydrogen) atoms. The van der Waals surface area contributed by atoms with E-state index in [0.29, 0.717) is 11.9 Å². The van der Waals surface area contributed by atoms with Crippen molar-refractivity contribution in [1.29, 1.82) is 0 Å². The van der Waals surface area contributed by atoms with E-state index in [0.717, 1.165) is 58.3 Å². The van der Waals surface area contributed by atoms with Crippen LogP contribution >= 0.6 is 0 Å². The van der Waals surface area contributed by atoms with Gasteiger partial charge in [0.2, 0.25) is 5.91 Å². The maximum Gasteiger partial charge on any atom is 0.227 e. The fourth-order valence-electron chi connectivity index (χ4n) is 3.59. The van der Waals surface area contributed by atoms with E-state index in [-0.39, 0.29) is 5.92 Å². The molecule has 2 rings (SSSR count). The number of carbonyl (C=O) groups excluding carboxylic acids is 1. The van der Waals surface area contributed by atoms with Gasteiger partial charge in [0.25, 0.3) is 0 Å². The van der Waals surface area contributed by atoms with E-state index >= 15 is 0 Å². The second-order valence-corrected chi connectivity index (χ2v) is 7.56. The Bertz CT molecular complexity index is 514. The van der Waals surface area contributed by atoms with Crippen molar-refractivity contribution in [3.63, 3.8) is 0 Å². The van der Waals surface area contributed by atoms with Gasteiger partial charge < -0.3 is 15.0 Å². The van der Waals surface area contributed by atoms with Crippen molar-refractivity contribution in [2.24, 2.45) is 5.92 Å². The third kappa shape index (κ3) is 7.08. The van der Waals surface area contributed by atoms with E-state index < -0.39 is 0 Å². The van der Waals surface area contributed by atoms with Crippen LogP contribution in [0.15, 0.2) is 36.0 Å². The smallest absolute Gasteiger partial charge is 0.227 e. The van der Waals surface area contributed by atoms with Crippen molar-refractivity contribution >= 4 is 5.91 Å². The van der Waals surface area contributed by atoms with Crippen LogP contribution in [0.5, 0.6) is 0 Å². The summed E-state index contributed by atoms with van der Waals surface area (Å²) in [4.78, 5) is 15.0. The molecule has 0 aromatic rings. The van der Waals surface area contributed by atoms with Gasteiger partial charge in [-0.2, -0.15) is 0 Å². The van der Waals surface area contributed by atoms with Crippen molar-refractivity contribution in [2.75, 3.05) is 33.4 Å². The van der Waals surface area contributed by atoms with E-state index in [2.05, 4.69) is 35.9 Å². The van der Waals surface area contributed by atoms with Gasteiger partial charge >= 0.3 is 0 Å². The zero-order valence-corrected chi connectivity index (χ0v) is 16.6. The predicted octanol–water partition coefficient (Wildman–Crippen LogP) is 3.85. The Labute approximate surface area is 159 Å². The monoisotopic (exact) mass is 360 g/mol. The van der Waals surface area contributed by atoms with E-state index in [1.807, 2.05) is 6.08 Å². The summed E-state index contributed by atoms with van der Waals surface area (Å²) in [5.41, 5.74) is 2.50. The summed E-state index contributed by atoms with van der Waals surface area (Å²) < 4.78 is 5.12. The minimum Gasteiger partial charge on any atom is -0.385 e. The number of rotatable bonds is 11. The summed E-state index contributed by atoms with van der Waals surface area (Å²) in [6.07, 6.45) is 13.8. The van der Waals surface area contributed by atoms with E-state index in [1.54, 1.807) is 7.11 Å². The number of piperidine rings is 1. The van der Waals surface area contributed by atoms with E-state index in [4.69, 9.17) is 4.74 Å². The van der Waals surface area contributed by atoms with E-state index in [1.165, 1.54) is 24.0 Å². The first-order chi connectivity index (χ1) is 12.7. The topological polar surface area (TPSA) is 41.6 Å². The fraction of sp³-hybridized carbons (Fsp3) is 0.682. The summed E-state index contributed by atoms with van der Waals surface area (Å²) in [5, 5.41) is 3.37. The molecule has 1 aliphatic carbocycles. The Balaban J connectivity index is 1.84. The summed E-state index contributed by atoms with van der Waals surface area (Å²) in [6, 6.07) is 0.492. The molecule has 0 aromatic heterocycles. The lowest BCUT2D eigenvalue weighted by Gasteiger charge is -2.29. The van der Waals surface area contributed by atoms with Gasteiger partial charge in [-0.3, -0.25) is 4.79 Å². The molecule has 1 saturated carbocycles. The average Bonchev–Trinajstić information content (AvgIpc) is 3.50. The number of amides is 1. The first kappa shape index (κ1) is 20.9. The molecule has 2 aliphatic rings. The molecule has 1 aliphatic heterocycles. The molecule has 0 spiro atoms. The Kier molecular flexibility index (Phi) is 9.13. The standard InChI is InChI=1S/C22H36N2O2/c1-4-19(9-7-15-26-3)16-18(2)8-6-14-24(21-11-12-21)22(25)20-10-5-13-23-17-20/h4,8,16,20-21,23H,1,5-7,9-15,17H2,2-3H3/b18-8-,19-16+/t20-/m1/s1. The molecule has 1 amide bonds. The first-order valence-electron chi connectivity index (χ1n) is 10.2. The Morgan fingerprint density at radius 1 is 1.35 bits per heavy atom. The molecule has 1 atom stereocenters. The molecule has 146 valence electrons. The second-order valence-electron chi connectivity index (χ2n) is 7.56. The molecule has 0 unspecified atom stereocenters. The number of carbonyl (C=O) groups is 1. The zero-order valence-electron chi connectivity index (χ0n) is 16.6. The lowest BCUT2D eigenvalue weighted by atomic mass is 9.98. The van der Waals surface area contributed by atoms with Crippen LogP contribution in [0.2, 0.25) is 0 Å². The third-order valence-electron chi connectivity index (χ3n) is 5.24.